The van der Waals surface area contributed by atoms with Gasteiger partial charge in [-0.3, -0.25) is 4.79 Å². The molecule has 1 heterocycles. The van der Waals surface area contributed by atoms with Crippen molar-refractivity contribution in [2.75, 3.05) is 6.54 Å². The molecule has 1 amide bonds. The third-order valence-corrected chi connectivity index (χ3v) is 3.79. The number of carbonyl (C=O) groups is 1. The van der Waals surface area contributed by atoms with Gasteiger partial charge in [0, 0.05) is 18.3 Å². The van der Waals surface area contributed by atoms with E-state index < -0.39 is 12.6 Å². The Morgan fingerprint density at radius 3 is 2.65 bits per heavy atom. The van der Waals surface area contributed by atoms with Gasteiger partial charge in [-0.05, 0) is 41.5 Å². The second-order valence-electron chi connectivity index (χ2n) is 3.47. The standard InChI is InChI=1S/C10H11F3INOS/c11-10(12,13)3-1-2-4-15-9(16)7-5-8(14)17-6-7/h5-6H,1-4H2,(H,15,16). The number of nitrogens with one attached hydrogen (secondary N) is 1. The fourth-order valence-corrected chi connectivity index (χ4v) is 2.51. The molecule has 0 saturated heterocycles. The van der Waals surface area contributed by atoms with Crippen LogP contribution in [-0.4, -0.2) is 18.6 Å². The van der Waals surface area contributed by atoms with E-state index in [9.17, 15) is 18.0 Å². The van der Waals surface area contributed by atoms with E-state index in [4.69, 9.17) is 0 Å². The van der Waals surface area contributed by atoms with Crippen molar-refractivity contribution in [3.05, 3.63) is 19.9 Å². The summed E-state index contributed by atoms with van der Waals surface area (Å²) in [6, 6.07) is 1.75. The van der Waals surface area contributed by atoms with Gasteiger partial charge >= 0.3 is 6.18 Å². The Kier molecular flexibility index (Phi) is 5.71. The number of alkyl halides is 3. The van der Waals surface area contributed by atoms with Crippen molar-refractivity contribution < 1.29 is 18.0 Å². The van der Waals surface area contributed by atoms with E-state index in [1.807, 2.05) is 0 Å². The van der Waals surface area contributed by atoms with Crippen LogP contribution in [-0.2, 0) is 0 Å². The summed E-state index contributed by atoms with van der Waals surface area (Å²) in [6.45, 7) is 0.279. The van der Waals surface area contributed by atoms with Crippen LogP contribution in [0.1, 0.15) is 29.6 Å². The van der Waals surface area contributed by atoms with Gasteiger partial charge in [-0.25, -0.2) is 0 Å². The Hall–Kier alpha value is -0.310. The molecule has 1 N–H and O–H groups in total. The molecule has 0 radical (unpaired) electrons. The second-order valence-corrected chi connectivity index (χ2v) is 6.27. The maximum Gasteiger partial charge on any atom is 0.389 e. The zero-order valence-corrected chi connectivity index (χ0v) is 11.8. The van der Waals surface area contributed by atoms with E-state index in [1.165, 1.54) is 11.3 Å². The minimum absolute atomic E-state index is 0.0466. The summed E-state index contributed by atoms with van der Waals surface area (Å²) in [4.78, 5) is 11.5. The molecule has 0 fully saturated rings. The van der Waals surface area contributed by atoms with Crippen LogP contribution < -0.4 is 5.32 Å². The SMILES string of the molecule is O=C(NCCCCC(F)(F)F)c1csc(I)c1. The quantitative estimate of drug-likeness (QED) is 0.614. The van der Waals surface area contributed by atoms with Crippen molar-refractivity contribution in [1.29, 1.82) is 0 Å². The summed E-state index contributed by atoms with van der Waals surface area (Å²) < 4.78 is 36.5. The zero-order valence-electron chi connectivity index (χ0n) is 8.81. The van der Waals surface area contributed by atoms with E-state index >= 15 is 0 Å². The predicted octanol–water partition coefficient (Wildman–Crippen LogP) is 3.82. The Bertz CT molecular complexity index is 378. The highest BCUT2D eigenvalue weighted by Gasteiger charge is 2.25. The number of hydrogen-bond donors (Lipinski definition) is 1. The molecule has 0 aromatic carbocycles. The van der Waals surface area contributed by atoms with Crippen LogP contribution in [0.4, 0.5) is 13.2 Å². The number of carbonyl (C=O) groups excluding carboxylic acids is 1. The largest absolute Gasteiger partial charge is 0.389 e. The molecular formula is C10H11F3INOS. The third-order valence-electron chi connectivity index (χ3n) is 2.00. The van der Waals surface area contributed by atoms with E-state index in [-0.39, 0.29) is 18.9 Å². The highest BCUT2D eigenvalue weighted by molar-refractivity contribution is 14.1. The molecule has 0 unspecified atom stereocenters. The molecule has 0 atom stereocenters. The Morgan fingerprint density at radius 2 is 2.12 bits per heavy atom. The molecule has 0 spiro atoms. The average molecular weight is 377 g/mol. The fourth-order valence-electron chi connectivity index (χ4n) is 1.18. The van der Waals surface area contributed by atoms with Gasteiger partial charge in [0.1, 0.15) is 0 Å². The number of halogens is 4. The Balaban J connectivity index is 2.17. The van der Waals surface area contributed by atoms with Gasteiger partial charge < -0.3 is 5.32 Å². The first-order chi connectivity index (χ1) is 7.88. The summed E-state index contributed by atoms with van der Waals surface area (Å²) in [5.41, 5.74) is 0.565. The van der Waals surface area contributed by atoms with Crippen LogP contribution in [0.2, 0.25) is 0 Å². The molecular weight excluding hydrogens is 366 g/mol. The lowest BCUT2D eigenvalue weighted by Crippen LogP contribution is -2.24. The lowest BCUT2D eigenvalue weighted by Gasteiger charge is -2.06. The summed E-state index contributed by atoms with van der Waals surface area (Å²) in [6.07, 6.45) is -4.51. The first-order valence-electron chi connectivity index (χ1n) is 4.97. The lowest BCUT2D eigenvalue weighted by atomic mass is 10.2. The molecule has 0 aliphatic carbocycles. The molecule has 17 heavy (non-hydrogen) atoms. The first-order valence-corrected chi connectivity index (χ1v) is 6.93. The average Bonchev–Trinajstić information content (AvgIpc) is 2.62. The van der Waals surface area contributed by atoms with Gasteiger partial charge in [0.25, 0.3) is 5.91 Å². The molecule has 1 rings (SSSR count). The van der Waals surface area contributed by atoms with Crippen LogP contribution in [0.3, 0.4) is 0 Å². The molecule has 1 aromatic rings. The number of hydrogen-bond acceptors (Lipinski definition) is 2. The monoisotopic (exact) mass is 377 g/mol. The molecule has 7 heteroatoms. The van der Waals surface area contributed by atoms with Gasteiger partial charge in [0.05, 0.1) is 8.45 Å². The minimum atomic E-state index is -4.10. The molecule has 0 aliphatic heterocycles. The number of unbranched alkanes of at least 4 members (excludes halogenated alkanes) is 1. The maximum absolute atomic E-state index is 11.8. The lowest BCUT2D eigenvalue weighted by molar-refractivity contribution is -0.135. The highest BCUT2D eigenvalue weighted by Crippen LogP contribution is 2.22. The van der Waals surface area contributed by atoms with Crippen molar-refractivity contribution in [3.8, 4) is 0 Å². The van der Waals surface area contributed by atoms with Crippen molar-refractivity contribution in [2.24, 2.45) is 0 Å². The molecule has 0 saturated carbocycles. The van der Waals surface area contributed by atoms with E-state index in [0.717, 1.165) is 2.88 Å². The summed E-state index contributed by atoms with van der Waals surface area (Å²) in [5, 5.41) is 4.32. The molecule has 1 aromatic heterocycles. The van der Waals surface area contributed by atoms with Gasteiger partial charge in [-0.2, -0.15) is 13.2 Å². The zero-order chi connectivity index (χ0) is 12.9. The number of rotatable bonds is 5. The van der Waals surface area contributed by atoms with Gasteiger partial charge in [-0.15, -0.1) is 11.3 Å². The van der Waals surface area contributed by atoms with Crippen molar-refractivity contribution in [2.45, 2.75) is 25.4 Å². The Labute approximate surface area is 115 Å². The maximum atomic E-state index is 11.8. The third kappa shape index (κ3) is 6.25. The minimum Gasteiger partial charge on any atom is -0.352 e. The van der Waals surface area contributed by atoms with Crippen LogP contribution in [0.15, 0.2) is 11.4 Å². The van der Waals surface area contributed by atoms with Crippen molar-refractivity contribution in [1.82, 2.24) is 5.32 Å². The van der Waals surface area contributed by atoms with Crippen molar-refractivity contribution >= 4 is 39.8 Å². The van der Waals surface area contributed by atoms with Crippen LogP contribution >= 0.6 is 33.9 Å². The number of thiophene rings is 1. The first kappa shape index (κ1) is 14.7. The second kappa shape index (κ2) is 6.58. The molecule has 0 aliphatic rings. The van der Waals surface area contributed by atoms with E-state index in [2.05, 4.69) is 27.9 Å². The molecule has 96 valence electrons. The predicted molar refractivity (Wildman–Crippen MR) is 69.3 cm³/mol. The van der Waals surface area contributed by atoms with Gasteiger partial charge in [0.2, 0.25) is 0 Å². The van der Waals surface area contributed by atoms with Crippen LogP contribution in [0, 0.1) is 2.88 Å². The highest BCUT2D eigenvalue weighted by atomic mass is 127. The van der Waals surface area contributed by atoms with Gasteiger partial charge in [0.15, 0.2) is 0 Å². The van der Waals surface area contributed by atoms with Crippen LogP contribution in [0.25, 0.3) is 0 Å². The van der Waals surface area contributed by atoms with E-state index in [0.29, 0.717) is 12.0 Å². The van der Waals surface area contributed by atoms with Crippen LogP contribution in [0.5, 0.6) is 0 Å². The van der Waals surface area contributed by atoms with Gasteiger partial charge in [-0.1, -0.05) is 0 Å². The smallest absolute Gasteiger partial charge is 0.352 e. The van der Waals surface area contributed by atoms with Crippen molar-refractivity contribution in [3.63, 3.8) is 0 Å². The number of amides is 1. The fraction of sp³-hybridized carbons (Fsp3) is 0.500. The van der Waals surface area contributed by atoms with E-state index in [1.54, 1.807) is 11.4 Å². The molecule has 2 nitrogen and oxygen atoms in total. The Morgan fingerprint density at radius 1 is 1.41 bits per heavy atom. The molecule has 0 bridgehead atoms. The normalized spacial score (nSPS) is 11.5. The topological polar surface area (TPSA) is 29.1 Å². The summed E-state index contributed by atoms with van der Waals surface area (Å²) in [5.74, 6) is -0.226. The summed E-state index contributed by atoms with van der Waals surface area (Å²) in [7, 11) is 0. The summed E-state index contributed by atoms with van der Waals surface area (Å²) >= 11 is 3.56.